The number of rotatable bonds is 6. The van der Waals surface area contributed by atoms with Gasteiger partial charge in [0, 0.05) is 24.5 Å². The average molecular weight is 304 g/mol. The molecule has 1 N–H and O–H groups in total. The van der Waals surface area contributed by atoms with E-state index in [1.807, 2.05) is 17.3 Å². The van der Waals surface area contributed by atoms with E-state index in [2.05, 4.69) is 36.2 Å². The molecule has 0 bridgehead atoms. The Bertz CT molecular complexity index is 607. The van der Waals surface area contributed by atoms with Crippen molar-refractivity contribution >= 4 is 22.4 Å². The van der Waals surface area contributed by atoms with Crippen LogP contribution in [0.15, 0.2) is 29.6 Å². The Morgan fingerprint density at radius 2 is 2.05 bits per heavy atom. The lowest BCUT2D eigenvalue weighted by atomic mass is 10.1. The zero-order chi connectivity index (χ0) is 15.4. The Kier molecular flexibility index (Phi) is 4.96. The third-order valence-electron chi connectivity index (χ3n) is 3.45. The molecule has 1 unspecified atom stereocenters. The number of carbonyl (C=O) groups is 1. The zero-order valence-corrected chi connectivity index (χ0v) is 13.4. The van der Waals surface area contributed by atoms with E-state index in [4.69, 9.17) is 5.11 Å². The molecule has 0 aliphatic carbocycles. The summed E-state index contributed by atoms with van der Waals surface area (Å²) in [6.07, 6.45) is 1.03. The summed E-state index contributed by atoms with van der Waals surface area (Å²) in [6.45, 7) is 4.29. The van der Waals surface area contributed by atoms with Crippen LogP contribution in [-0.2, 0) is 11.2 Å². The van der Waals surface area contributed by atoms with Gasteiger partial charge in [0.1, 0.15) is 0 Å². The second-order valence-corrected chi connectivity index (χ2v) is 6.02. The highest BCUT2D eigenvalue weighted by Gasteiger charge is 2.16. The Balaban J connectivity index is 2.11. The van der Waals surface area contributed by atoms with E-state index in [1.165, 1.54) is 16.9 Å². The minimum Gasteiger partial charge on any atom is -0.481 e. The maximum absolute atomic E-state index is 10.9. The maximum atomic E-state index is 10.9. The molecule has 1 aromatic heterocycles. The number of thiazole rings is 1. The normalized spacial score (nSPS) is 12.1. The Morgan fingerprint density at radius 3 is 2.62 bits per heavy atom. The van der Waals surface area contributed by atoms with Crippen molar-refractivity contribution in [3.63, 3.8) is 0 Å². The summed E-state index contributed by atoms with van der Waals surface area (Å²) in [4.78, 5) is 17.4. The van der Waals surface area contributed by atoms with E-state index in [0.717, 1.165) is 22.8 Å². The van der Waals surface area contributed by atoms with E-state index in [1.54, 1.807) is 6.92 Å². The number of aliphatic carboxylic acids is 1. The summed E-state index contributed by atoms with van der Waals surface area (Å²) in [5.74, 6) is -1.19. The molecule has 0 aliphatic rings. The minimum atomic E-state index is -0.784. The fourth-order valence-corrected chi connectivity index (χ4v) is 2.86. The standard InChI is InChI=1S/C16H20N2O2S/c1-4-12-5-7-13(8-6-12)14-10-21-16(17-14)18(3)9-11(2)15(19)20/h5-8,10-11H,4,9H2,1-3H3,(H,19,20). The van der Waals surface area contributed by atoms with E-state index >= 15 is 0 Å². The van der Waals surface area contributed by atoms with Crippen LogP contribution in [-0.4, -0.2) is 29.7 Å². The van der Waals surface area contributed by atoms with E-state index in [0.29, 0.717) is 6.54 Å². The number of benzene rings is 1. The molecule has 0 saturated carbocycles. The molecule has 1 heterocycles. The molecule has 1 aromatic carbocycles. The number of hydrogen-bond donors (Lipinski definition) is 1. The molecule has 0 fully saturated rings. The van der Waals surface area contributed by atoms with Gasteiger partial charge >= 0.3 is 5.97 Å². The maximum Gasteiger partial charge on any atom is 0.308 e. The van der Waals surface area contributed by atoms with Gasteiger partial charge in [-0.15, -0.1) is 11.3 Å². The van der Waals surface area contributed by atoms with Crippen molar-refractivity contribution in [1.82, 2.24) is 4.98 Å². The van der Waals surface area contributed by atoms with Crippen LogP contribution < -0.4 is 4.90 Å². The van der Waals surface area contributed by atoms with Crippen LogP contribution in [0.3, 0.4) is 0 Å². The molecule has 1 atom stereocenters. The van der Waals surface area contributed by atoms with Gasteiger partial charge in [0.15, 0.2) is 5.13 Å². The van der Waals surface area contributed by atoms with Crippen LogP contribution in [0.1, 0.15) is 19.4 Å². The summed E-state index contributed by atoms with van der Waals surface area (Å²) in [7, 11) is 1.88. The summed E-state index contributed by atoms with van der Waals surface area (Å²) in [5, 5.41) is 11.8. The molecule has 0 spiro atoms. The van der Waals surface area contributed by atoms with Crippen molar-refractivity contribution in [2.75, 3.05) is 18.5 Å². The highest BCUT2D eigenvalue weighted by Crippen LogP contribution is 2.27. The van der Waals surface area contributed by atoms with Crippen LogP contribution in [0.2, 0.25) is 0 Å². The number of nitrogens with zero attached hydrogens (tertiary/aromatic N) is 2. The quantitative estimate of drug-likeness (QED) is 0.887. The first-order chi connectivity index (χ1) is 10.0. The van der Waals surface area contributed by atoms with Gasteiger partial charge in [-0.05, 0) is 12.0 Å². The highest BCUT2D eigenvalue weighted by molar-refractivity contribution is 7.14. The van der Waals surface area contributed by atoms with Crippen molar-refractivity contribution in [3.8, 4) is 11.3 Å². The predicted molar refractivity (Wildman–Crippen MR) is 87.0 cm³/mol. The Morgan fingerprint density at radius 1 is 1.38 bits per heavy atom. The number of anilines is 1. The summed E-state index contributed by atoms with van der Waals surface area (Å²) < 4.78 is 0. The van der Waals surface area contributed by atoms with Gasteiger partial charge in [-0.1, -0.05) is 38.1 Å². The lowest BCUT2D eigenvalue weighted by Crippen LogP contribution is -2.28. The monoisotopic (exact) mass is 304 g/mol. The van der Waals surface area contributed by atoms with E-state index < -0.39 is 11.9 Å². The molecule has 0 aliphatic heterocycles. The lowest BCUT2D eigenvalue weighted by Gasteiger charge is -2.17. The first-order valence-corrected chi connectivity index (χ1v) is 7.88. The van der Waals surface area contributed by atoms with Crippen LogP contribution >= 0.6 is 11.3 Å². The smallest absolute Gasteiger partial charge is 0.308 e. The number of aromatic nitrogens is 1. The van der Waals surface area contributed by atoms with Gasteiger partial charge in [-0.3, -0.25) is 4.79 Å². The first-order valence-electron chi connectivity index (χ1n) is 7.00. The van der Waals surface area contributed by atoms with Crippen molar-refractivity contribution < 1.29 is 9.90 Å². The van der Waals surface area contributed by atoms with Crippen molar-refractivity contribution in [1.29, 1.82) is 0 Å². The van der Waals surface area contributed by atoms with Crippen molar-refractivity contribution in [3.05, 3.63) is 35.2 Å². The molecule has 112 valence electrons. The Labute approximate surface area is 129 Å². The predicted octanol–water partition coefficient (Wildman–Crippen LogP) is 3.53. The summed E-state index contributed by atoms with van der Waals surface area (Å²) in [6, 6.07) is 8.39. The molecular weight excluding hydrogens is 284 g/mol. The molecule has 2 rings (SSSR count). The molecule has 0 amide bonds. The third-order valence-corrected chi connectivity index (χ3v) is 4.40. The number of aryl methyl sites for hydroxylation is 1. The fourth-order valence-electron chi connectivity index (χ4n) is 2.05. The van der Waals surface area contributed by atoms with Gasteiger partial charge in [-0.25, -0.2) is 4.98 Å². The van der Waals surface area contributed by atoms with Gasteiger partial charge in [0.2, 0.25) is 0 Å². The van der Waals surface area contributed by atoms with Gasteiger partial charge in [-0.2, -0.15) is 0 Å². The van der Waals surface area contributed by atoms with E-state index in [-0.39, 0.29) is 0 Å². The largest absolute Gasteiger partial charge is 0.481 e. The number of carboxylic acid groups (broad SMARTS) is 1. The number of carboxylic acids is 1. The highest BCUT2D eigenvalue weighted by atomic mass is 32.1. The lowest BCUT2D eigenvalue weighted by molar-refractivity contribution is -0.140. The zero-order valence-electron chi connectivity index (χ0n) is 12.5. The van der Waals surface area contributed by atoms with Crippen LogP contribution in [0.5, 0.6) is 0 Å². The molecule has 2 aromatic rings. The fraction of sp³-hybridized carbons (Fsp3) is 0.375. The molecule has 5 heteroatoms. The van der Waals surface area contributed by atoms with Gasteiger partial charge < -0.3 is 10.0 Å². The summed E-state index contributed by atoms with van der Waals surface area (Å²) >= 11 is 1.54. The average Bonchev–Trinajstić information content (AvgIpc) is 2.97. The number of hydrogen-bond acceptors (Lipinski definition) is 4. The van der Waals surface area contributed by atoms with Gasteiger partial charge in [0.25, 0.3) is 0 Å². The summed E-state index contributed by atoms with van der Waals surface area (Å²) in [5.41, 5.74) is 3.34. The molecule has 0 radical (unpaired) electrons. The SMILES string of the molecule is CCc1ccc(-c2csc(N(C)CC(C)C(=O)O)n2)cc1. The molecule has 0 saturated heterocycles. The van der Waals surface area contributed by atoms with Crippen LogP contribution in [0, 0.1) is 5.92 Å². The van der Waals surface area contributed by atoms with E-state index in [9.17, 15) is 4.79 Å². The van der Waals surface area contributed by atoms with Crippen LogP contribution in [0.4, 0.5) is 5.13 Å². The van der Waals surface area contributed by atoms with Gasteiger partial charge in [0.05, 0.1) is 11.6 Å². The topological polar surface area (TPSA) is 53.4 Å². The molecule has 21 heavy (non-hydrogen) atoms. The van der Waals surface area contributed by atoms with Crippen molar-refractivity contribution in [2.45, 2.75) is 20.3 Å². The minimum absolute atomic E-state index is 0.411. The molecule has 4 nitrogen and oxygen atoms in total. The van der Waals surface area contributed by atoms with Crippen LogP contribution in [0.25, 0.3) is 11.3 Å². The van der Waals surface area contributed by atoms with Crippen molar-refractivity contribution in [2.24, 2.45) is 5.92 Å². The third kappa shape index (κ3) is 3.82. The first kappa shape index (κ1) is 15.5. The second-order valence-electron chi connectivity index (χ2n) is 5.19. The molecular formula is C16H20N2O2S. The Hall–Kier alpha value is -1.88. The second kappa shape index (κ2) is 6.72.